The molecule has 0 bridgehead atoms. The molecule has 128 valence electrons. The molecule has 9 heteroatoms. The van der Waals surface area contributed by atoms with Gasteiger partial charge in [0.05, 0.1) is 16.0 Å². The number of hydrogen-bond donors (Lipinski definition) is 2. The molecule has 4 amide bonds. The lowest BCUT2D eigenvalue weighted by atomic mass is 10.1. The van der Waals surface area contributed by atoms with Crippen molar-refractivity contribution in [2.75, 3.05) is 0 Å². The Hall–Kier alpha value is -3.20. The van der Waals surface area contributed by atoms with Gasteiger partial charge >= 0.3 is 6.03 Å². The molecule has 1 aliphatic rings. The van der Waals surface area contributed by atoms with Crippen LogP contribution in [0.3, 0.4) is 0 Å². The first-order valence-corrected chi connectivity index (χ1v) is 8.66. The van der Waals surface area contributed by atoms with Crippen LogP contribution >= 0.6 is 0 Å². The Bertz CT molecular complexity index is 948. The van der Waals surface area contributed by atoms with Crippen LogP contribution in [0.2, 0.25) is 0 Å². The maximum absolute atomic E-state index is 12.1. The SMILES string of the molecule is Cc1ccc(S(=O)(=O)NC(=O)NN2C(=O)c3ccccc3C2=O)cc1. The molecule has 0 aliphatic carbocycles. The third kappa shape index (κ3) is 3.09. The molecular weight excluding hydrogens is 346 g/mol. The number of benzene rings is 2. The van der Waals surface area contributed by atoms with E-state index >= 15 is 0 Å². The molecule has 8 nitrogen and oxygen atoms in total. The van der Waals surface area contributed by atoms with E-state index in [1.165, 1.54) is 24.3 Å². The van der Waals surface area contributed by atoms with Gasteiger partial charge in [0.1, 0.15) is 0 Å². The highest BCUT2D eigenvalue weighted by atomic mass is 32.2. The number of nitrogens with zero attached hydrogens (tertiary/aromatic N) is 1. The smallest absolute Gasteiger partial charge is 0.267 e. The molecule has 1 aliphatic heterocycles. The lowest BCUT2D eigenvalue weighted by Crippen LogP contribution is -2.51. The van der Waals surface area contributed by atoms with Crippen LogP contribution in [0.4, 0.5) is 4.79 Å². The summed E-state index contributed by atoms with van der Waals surface area (Å²) in [7, 11) is -4.13. The maximum Gasteiger partial charge on any atom is 0.347 e. The number of urea groups is 1. The molecule has 2 aromatic rings. The number of carbonyl (C=O) groups is 3. The van der Waals surface area contributed by atoms with Gasteiger partial charge in [-0.2, -0.15) is 5.01 Å². The van der Waals surface area contributed by atoms with Crippen molar-refractivity contribution in [3.63, 3.8) is 0 Å². The second-order valence-electron chi connectivity index (χ2n) is 5.35. The van der Waals surface area contributed by atoms with E-state index in [0.717, 1.165) is 5.56 Å². The van der Waals surface area contributed by atoms with E-state index < -0.39 is 27.9 Å². The van der Waals surface area contributed by atoms with Crippen LogP contribution in [0, 0.1) is 6.92 Å². The molecule has 3 rings (SSSR count). The predicted molar refractivity (Wildman–Crippen MR) is 87.0 cm³/mol. The first-order chi connectivity index (χ1) is 11.8. The number of amides is 4. The summed E-state index contributed by atoms with van der Waals surface area (Å²) >= 11 is 0. The van der Waals surface area contributed by atoms with E-state index in [1.54, 1.807) is 35.9 Å². The number of carbonyl (C=O) groups excluding carboxylic acids is 3. The zero-order chi connectivity index (χ0) is 18.2. The summed E-state index contributed by atoms with van der Waals surface area (Å²) in [5.41, 5.74) is 3.09. The lowest BCUT2D eigenvalue weighted by Gasteiger charge is -2.15. The van der Waals surface area contributed by atoms with Crippen molar-refractivity contribution >= 4 is 27.9 Å². The van der Waals surface area contributed by atoms with Gasteiger partial charge in [-0.05, 0) is 31.2 Å². The summed E-state index contributed by atoms with van der Waals surface area (Å²) in [6.45, 7) is 1.79. The fraction of sp³-hybridized carbons (Fsp3) is 0.0625. The molecule has 0 spiro atoms. The Kier molecular flexibility index (Phi) is 4.01. The van der Waals surface area contributed by atoms with Gasteiger partial charge in [-0.3, -0.25) is 9.59 Å². The van der Waals surface area contributed by atoms with Crippen LogP contribution in [0.5, 0.6) is 0 Å². The van der Waals surface area contributed by atoms with Crippen LogP contribution in [0.25, 0.3) is 0 Å². The monoisotopic (exact) mass is 359 g/mol. The van der Waals surface area contributed by atoms with Crippen LogP contribution < -0.4 is 10.1 Å². The standard InChI is InChI=1S/C16H13N3O5S/c1-10-6-8-11(9-7-10)25(23,24)18-16(22)17-19-14(20)12-4-2-3-5-13(12)15(19)21/h2-9H,1H3,(H2,17,18,22). The normalized spacial score (nSPS) is 13.6. The molecule has 2 aromatic carbocycles. The number of fused-ring (bicyclic) bond motifs is 1. The first kappa shape index (κ1) is 16.7. The zero-order valence-corrected chi connectivity index (χ0v) is 13.8. The minimum absolute atomic E-state index is 0.115. The van der Waals surface area contributed by atoms with Crippen LogP contribution in [-0.4, -0.2) is 31.3 Å². The second kappa shape index (κ2) is 6.02. The van der Waals surface area contributed by atoms with Gasteiger partial charge in [0.2, 0.25) is 0 Å². The molecule has 2 N–H and O–H groups in total. The third-order valence-electron chi connectivity index (χ3n) is 3.57. The number of nitrogens with one attached hydrogen (secondary N) is 2. The molecule has 0 atom stereocenters. The van der Waals surface area contributed by atoms with Gasteiger partial charge in [0, 0.05) is 0 Å². The number of imide groups is 1. The van der Waals surface area contributed by atoms with Crippen molar-refractivity contribution in [1.82, 2.24) is 15.2 Å². The number of hydrogen-bond acceptors (Lipinski definition) is 5. The number of sulfonamides is 1. The van der Waals surface area contributed by atoms with Crippen molar-refractivity contribution in [2.24, 2.45) is 0 Å². The summed E-state index contributed by atoms with van der Waals surface area (Å²) < 4.78 is 26.1. The van der Waals surface area contributed by atoms with E-state index in [1.807, 2.05) is 5.43 Å². The van der Waals surface area contributed by atoms with Gasteiger partial charge in [-0.25, -0.2) is 23.4 Å². The van der Waals surface area contributed by atoms with Crippen LogP contribution in [-0.2, 0) is 10.0 Å². The summed E-state index contributed by atoms with van der Waals surface area (Å²) in [5.74, 6) is -1.47. The molecule has 0 fully saturated rings. The quantitative estimate of drug-likeness (QED) is 0.800. The molecule has 0 saturated carbocycles. The minimum Gasteiger partial charge on any atom is -0.267 e. The summed E-state index contributed by atoms with van der Waals surface area (Å²) in [6.07, 6.45) is 0. The van der Waals surface area contributed by atoms with Gasteiger partial charge in [0.15, 0.2) is 0 Å². The third-order valence-corrected chi connectivity index (χ3v) is 4.91. The Morgan fingerprint density at radius 3 is 1.96 bits per heavy atom. The molecular formula is C16H13N3O5S. The van der Waals surface area contributed by atoms with Gasteiger partial charge in [-0.1, -0.05) is 29.8 Å². The van der Waals surface area contributed by atoms with Crippen LogP contribution in [0.1, 0.15) is 26.3 Å². The second-order valence-corrected chi connectivity index (χ2v) is 7.03. The van der Waals surface area contributed by atoms with E-state index in [2.05, 4.69) is 0 Å². The average molecular weight is 359 g/mol. The van der Waals surface area contributed by atoms with Crippen LogP contribution in [0.15, 0.2) is 53.4 Å². The molecule has 1 heterocycles. The number of hydrazine groups is 1. The zero-order valence-electron chi connectivity index (χ0n) is 13.0. The fourth-order valence-corrected chi connectivity index (χ4v) is 3.22. The molecule has 0 radical (unpaired) electrons. The highest BCUT2D eigenvalue weighted by Crippen LogP contribution is 2.20. The van der Waals surface area contributed by atoms with E-state index in [4.69, 9.17) is 0 Å². The molecule has 25 heavy (non-hydrogen) atoms. The van der Waals surface area contributed by atoms with Crippen molar-refractivity contribution in [2.45, 2.75) is 11.8 Å². The Labute approximate surface area is 143 Å². The summed E-state index contributed by atoms with van der Waals surface area (Å²) in [4.78, 5) is 36.1. The van der Waals surface area contributed by atoms with Crippen molar-refractivity contribution in [1.29, 1.82) is 0 Å². The van der Waals surface area contributed by atoms with Gasteiger partial charge in [0.25, 0.3) is 21.8 Å². The topological polar surface area (TPSA) is 113 Å². The Balaban J connectivity index is 1.74. The molecule has 0 unspecified atom stereocenters. The van der Waals surface area contributed by atoms with Crippen molar-refractivity contribution in [3.8, 4) is 0 Å². The highest BCUT2D eigenvalue weighted by molar-refractivity contribution is 7.90. The number of rotatable bonds is 3. The largest absolute Gasteiger partial charge is 0.347 e. The lowest BCUT2D eigenvalue weighted by molar-refractivity contribution is 0.0589. The maximum atomic E-state index is 12.1. The molecule has 0 saturated heterocycles. The van der Waals surface area contributed by atoms with Crippen molar-refractivity contribution in [3.05, 3.63) is 65.2 Å². The minimum atomic E-state index is -4.13. The van der Waals surface area contributed by atoms with Gasteiger partial charge < -0.3 is 0 Å². The summed E-state index contributed by atoms with van der Waals surface area (Å²) in [6, 6.07) is 10.7. The summed E-state index contributed by atoms with van der Waals surface area (Å²) in [5, 5.41) is 0.477. The van der Waals surface area contributed by atoms with E-state index in [-0.39, 0.29) is 16.0 Å². The van der Waals surface area contributed by atoms with Crippen molar-refractivity contribution < 1.29 is 22.8 Å². The van der Waals surface area contributed by atoms with E-state index in [9.17, 15) is 22.8 Å². The predicted octanol–water partition coefficient (Wildman–Crippen LogP) is 1.19. The average Bonchev–Trinajstić information content (AvgIpc) is 2.80. The Morgan fingerprint density at radius 2 is 1.44 bits per heavy atom. The first-order valence-electron chi connectivity index (χ1n) is 7.17. The number of aryl methyl sites for hydroxylation is 1. The fourth-order valence-electron chi connectivity index (χ4n) is 2.31. The van der Waals surface area contributed by atoms with Gasteiger partial charge in [-0.15, -0.1) is 0 Å². The highest BCUT2D eigenvalue weighted by Gasteiger charge is 2.37. The molecule has 0 aromatic heterocycles. The van der Waals surface area contributed by atoms with E-state index in [0.29, 0.717) is 5.01 Å². The Morgan fingerprint density at radius 1 is 0.920 bits per heavy atom.